The number of likely N-dealkylation sites (tertiary alicyclic amines) is 1. The van der Waals surface area contributed by atoms with Gasteiger partial charge in [0.1, 0.15) is 5.54 Å². The van der Waals surface area contributed by atoms with Gasteiger partial charge in [-0.25, -0.2) is 0 Å². The third-order valence-electron chi connectivity index (χ3n) is 3.71. The molecule has 0 bridgehead atoms. The van der Waals surface area contributed by atoms with E-state index in [-0.39, 0.29) is 5.54 Å². The number of nitriles is 1. The van der Waals surface area contributed by atoms with Gasteiger partial charge in [-0.05, 0) is 44.2 Å². The maximum atomic E-state index is 9.33. The van der Waals surface area contributed by atoms with Crippen LogP contribution >= 0.6 is 0 Å². The second-order valence-corrected chi connectivity index (χ2v) is 5.71. The summed E-state index contributed by atoms with van der Waals surface area (Å²) in [5.41, 5.74) is 0.303. The van der Waals surface area contributed by atoms with Gasteiger partial charge >= 0.3 is 0 Å². The lowest BCUT2D eigenvalue weighted by molar-refractivity contribution is -0.0365. The fourth-order valence-electron chi connectivity index (χ4n) is 3.23. The lowest BCUT2D eigenvalue weighted by Crippen LogP contribution is -2.60. The minimum absolute atomic E-state index is 0.0933. The predicted octanol–water partition coefficient (Wildman–Crippen LogP) is 2.55. The molecule has 0 aromatic carbocycles. The van der Waals surface area contributed by atoms with E-state index in [9.17, 15) is 5.26 Å². The van der Waals surface area contributed by atoms with E-state index in [2.05, 4.69) is 24.8 Å². The molecule has 0 N–H and O–H groups in total. The minimum Gasteiger partial charge on any atom is -0.285 e. The molecule has 2 nitrogen and oxygen atoms in total. The highest BCUT2D eigenvalue weighted by Gasteiger charge is 2.53. The first-order valence-corrected chi connectivity index (χ1v) is 5.74. The molecule has 2 aliphatic rings. The summed E-state index contributed by atoms with van der Waals surface area (Å²) in [5, 5.41) is 9.33. The van der Waals surface area contributed by atoms with Gasteiger partial charge in [0.15, 0.2) is 0 Å². The first-order chi connectivity index (χ1) is 6.58. The highest BCUT2D eigenvalue weighted by molar-refractivity contribution is 5.19. The van der Waals surface area contributed by atoms with Gasteiger partial charge in [0, 0.05) is 0 Å². The lowest BCUT2D eigenvalue weighted by Gasteiger charge is -2.55. The first-order valence-electron chi connectivity index (χ1n) is 5.74. The molecule has 2 rings (SSSR count). The van der Waals surface area contributed by atoms with E-state index >= 15 is 0 Å². The molecule has 1 aliphatic carbocycles. The van der Waals surface area contributed by atoms with E-state index < -0.39 is 0 Å². The van der Waals surface area contributed by atoms with E-state index in [4.69, 9.17) is 0 Å². The van der Waals surface area contributed by atoms with Gasteiger partial charge in [0.2, 0.25) is 0 Å². The topological polar surface area (TPSA) is 27.0 Å². The smallest absolute Gasteiger partial charge is 0.110 e. The molecule has 0 spiro atoms. The Kier molecular flexibility index (Phi) is 2.31. The maximum absolute atomic E-state index is 9.33. The van der Waals surface area contributed by atoms with Crippen LogP contribution in [0, 0.1) is 16.7 Å². The van der Waals surface area contributed by atoms with Crippen LogP contribution in [0.4, 0.5) is 0 Å². The number of rotatable bonds is 1. The van der Waals surface area contributed by atoms with E-state index in [1.807, 2.05) is 0 Å². The Labute approximate surface area is 86.9 Å². The van der Waals surface area contributed by atoms with Crippen molar-refractivity contribution < 1.29 is 0 Å². The zero-order valence-corrected chi connectivity index (χ0v) is 9.34. The molecule has 1 aliphatic heterocycles. The van der Waals surface area contributed by atoms with Crippen LogP contribution in [0.25, 0.3) is 0 Å². The summed E-state index contributed by atoms with van der Waals surface area (Å²) in [5.74, 6) is 0. The van der Waals surface area contributed by atoms with Gasteiger partial charge in [-0.2, -0.15) is 5.26 Å². The quantitative estimate of drug-likeness (QED) is 0.638. The van der Waals surface area contributed by atoms with Crippen molar-refractivity contribution >= 4 is 0 Å². The molecule has 0 amide bonds. The van der Waals surface area contributed by atoms with Gasteiger partial charge in [0.25, 0.3) is 0 Å². The molecule has 78 valence electrons. The van der Waals surface area contributed by atoms with Crippen molar-refractivity contribution in [1.82, 2.24) is 4.90 Å². The third-order valence-corrected chi connectivity index (χ3v) is 3.71. The molecular weight excluding hydrogens is 172 g/mol. The molecular formula is C12H20N2. The summed E-state index contributed by atoms with van der Waals surface area (Å²) in [6.45, 7) is 6.83. The second-order valence-electron chi connectivity index (χ2n) is 5.71. The molecule has 1 saturated heterocycles. The summed E-state index contributed by atoms with van der Waals surface area (Å²) in [6, 6.07) is 2.57. The average Bonchev–Trinajstić information content (AvgIpc) is 2.15. The van der Waals surface area contributed by atoms with Gasteiger partial charge in [-0.1, -0.05) is 20.3 Å². The van der Waals surface area contributed by atoms with Crippen LogP contribution in [0.3, 0.4) is 0 Å². The summed E-state index contributed by atoms with van der Waals surface area (Å²) in [6.07, 6.45) is 6.04. The maximum Gasteiger partial charge on any atom is 0.110 e. The average molecular weight is 192 g/mol. The Balaban J connectivity index is 2.04. The fraction of sp³-hybridized carbons (Fsp3) is 0.917. The van der Waals surface area contributed by atoms with Gasteiger partial charge in [-0.3, -0.25) is 4.90 Å². The number of piperidine rings is 1. The van der Waals surface area contributed by atoms with E-state index in [0.29, 0.717) is 5.41 Å². The number of nitrogens with zero attached hydrogens (tertiary/aromatic N) is 2. The van der Waals surface area contributed by atoms with Gasteiger partial charge in [0.05, 0.1) is 6.07 Å². The Hall–Kier alpha value is -0.550. The highest BCUT2D eigenvalue weighted by Crippen LogP contribution is 2.51. The molecule has 0 atom stereocenters. The van der Waals surface area contributed by atoms with Crippen LogP contribution in [0.5, 0.6) is 0 Å². The van der Waals surface area contributed by atoms with Crippen molar-refractivity contribution in [3.63, 3.8) is 0 Å². The summed E-state index contributed by atoms with van der Waals surface area (Å²) < 4.78 is 0. The molecule has 0 aromatic rings. The predicted molar refractivity (Wildman–Crippen MR) is 56.8 cm³/mol. The van der Waals surface area contributed by atoms with E-state index in [0.717, 1.165) is 25.9 Å². The number of hydrogen-bond donors (Lipinski definition) is 0. The Morgan fingerprint density at radius 2 is 1.64 bits per heavy atom. The molecule has 14 heavy (non-hydrogen) atoms. The van der Waals surface area contributed by atoms with E-state index in [1.54, 1.807) is 0 Å². The Bertz CT molecular complexity index is 248. The molecule has 0 aromatic heterocycles. The minimum atomic E-state index is -0.0933. The largest absolute Gasteiger partial charge is 0.285 e. The molecule has 0 unspecified atom stereocenters. The van der Waals surface area contributed by atoms with Crippen molar-refractivity contribution in [3.8, 4) is 6.07 Å². The summed E-state index contributed by atoms with van der Waals surface area (Å²) in [7, 11) is 0. The summed E-state index contributed by atoms with van der Waals surface area (Å²) in [4.78, 5) is 2.43. The molecule has 2 heteroatoms. The Morgan fingerprint density at radius 1 is 1.07 bits per heavy atom. The van der Waals surface area contributed by atoms with Crippen molar-refractivity contribution in [3.05, 3.63) is 0 Å². The molecule has 0 radical (unpaired) electrons. The third kappa shape index (κ3) is 1.54. The molecule has 1 saturated carbocycles. The monoisotopic (exact) mass is 192 g/mol. The molecule has 2 fully saturated rings. The van der Waals surface area contributed by atoms with Crippen molar-refractivity contribution in [2.45, 2.75) is 51.5 Å². The zero-order chi connectivity index (χ0) is 10.2. The van der Waals surface area contributed by atoms with Crippen molar-refractivity contribution in [1.29, 1.82) is 5.26 Å². The second kappa shape index (κ2) is 3.24. The highest BCUT2D eigenvalue weighted by atomic mass is 15.2. The molecule has 1 heterocycles. The van der Waals surface area contributed by atoms with E-state index in [1.165, 1.54) is 19.3 Å². The van der Waals surface area contributed by atoms with Crippen molar-refractivity contribution in [2.24, 2.45) is 5.41 Å². The fourth-order valence-corrected chi connectivity index (χ4v) is 3.23. The summed E-state index contributed by atoms with van der Waals surface area (Å²) >= 11 is 0. The van der Waals surface area contributed by atoms with Crippen LogP contribution in [0.15, 0.2) is 0 Å². The standard InChI is InChI=1S/C12H20N2/c1-11(2)8-12(9-11,10-13)14-6-4-3-5-7-14/h3-9H2,1-2H3. The number of hydrogen-bond acceptors (Lipinski definition) is 2. The van der Waals surface area contributed by atoms with Gasteiger partial charge < -0.3 is 0 Å². The first kappa shape index (κ1) is 9.98. The van der Waals surface area contributed by atoms with Crippen LogP contribution in [0.2, 0.25) is 0 Å². The van der Waals surface area contributed by atoms with Crippen LogP contribution in [0.1, 0.15) is 46.0 Å². The normalized spacial score (nSPS) is 30.4. The Morgan fingerprint density at radius 3 is 2.07 bits per heavy atom. The van der Waals surface area contributed by atoms with Gasteiger partial charge in [-0.15, -0.1) is 0 Å². The van der Waals surface area contributed by atoms with Crippen LogP contribution in [-0.4, -0.2) is 23.5 Å². The van der Waals surface area contributed by atoms with Crippen molar-refractivity contribution in [2.75, 3.05) is 13.1 Å². The van der Waals surface area contributed by atoms with Crippen LogP contribution in [-0.2, 0) is 0 Å². The SMILES string of the molecule is CC1(C)CC(C#N)(N2CCCCC2)C1. The van der Waals surface area contributed by atoms with Crippen LogP contribution < -0.4 is 0 Å². The zero-order valence-electron chi connectivity index (χ0n) is 9.34. The lowest BCUT2D eigenvalue weighted by atomic mass is 9.59.